The number of hydrogen-bond acceptors (Lipinski definition) is 3. The number of hydrogen-bond donors (Lipinski definition) is 1. The second kappa shape index (κ2) is 6.32. The van der Waals surface area contributed by atoms with Gasteiger partial charge in [0.1, 0.15) is 0 Å². The molecule has 21 heavy (non-hydrogen) atoms. The summed E-state index contributed by atoms with van der Waals surface area (Å²) in [5.41, 5.74) is 0.256. The van der Waals surface area contributed by atoms with E-state index in [4.69, 9.17) is 9.84 Å². The van der Waals surface area contributed by atoms with Gasteiger partial charge in [0.2, 0.25) is 5.88 Å². The van der Waals surface area contributed by atoms with Gasteiger partial charge in [0.15, 0.2) is 0 Å². The van der Waals surface area contributed by atoms with E-state index in [-0.39, 0.29) is 36.5 Å². The number of aromatic nitrogens is 1. The first-order valence-electron chi connectivity index (χ1n) is 5.90. The Morgan fingerprint density at radius 2 is 2.05 bits per heavy atom. The number of carboxylic acid groups (broad SMARTS) is 1. The van der Waals surface area contributed by atoms with E-state index in [1.165, 1.54) is 0 Å². The molecule has 1 N–H and O–H groups in total. The molecule has 0 spiro atoms. The summed E-state index contributed by atoms with van der Waals surface area (Å²) in [6.45, 7) is 0. The van der Waals surface area contributed by atoms with Crippen LogP contribution in [0, 0.1) is 0 Å². The maximum absolute atomic E-state index is 11.1. The molecule has 0 aliphatic rings. The summed E-state index contributed by atoms with van der Waals surface area (Å²) in [7, 11) is 1.57. The molecule has 0 aliphatic carbocycles. The third-order valence-corrected chi connectivity index (χ3v) is 3.87. The first-order chi connectivity index (χ1) is 9.61. The molecule has 3 aromatic rings. The van der Waals surface area contributed by atoms with Crippen molar-refractivity contribution in [2.75, 3.05) is 7.11 Å². The van der Waals surface area contributed by atoms with Crippen molar-refractivity contribution in [1.29, 1.82) is 0 Å². The van der Waals surface area contributed by atoms with Crippen LogP contribution in [0.25, 0.3) is 21.5 Å². The molecule has 0 unspecified atom stereocenters. The Morgan fingerprint density at radius 1 is 1.29 bits per heavy atom. The molecule has 0 saturated heterocycles. The average Bonchev–Trinajstić information content (AvgIpc) is 2.46. The molecule has 0 aliphatic heterocycles. The summed E-state index contributed by atoms with van der Waals surface area (Å²) < 4.78 is 6.20. The predicted octanol–water partition coefficient (Wildman–Crippen LogP) is 0.974. The van der Waals surface area contributed by atoms with Crippen LogP contribution in [0.1, 0.15) is 11.8 Å². The van der Waals surface area contributed by atoms with Gasteiger partial charge in [-0.1, -0.05) is 22.0 Å². The van der Waals surface area contributed by atoms with Crippen LogP contribution >= 0.6 is 15.9 Å². The minimum atomic E-state index is -0.943. The van der Waals surface area contributed by atoms with Crippen molar-refractivity contribution in [3.8, 4) is 5.88 Å². The Morgan fingerprint density at radius 3 is 2.71 bits per heavy atom. The fraction of sp³-hybridized carbons (Fsp3) is 0.0667. The standard InChI is InChI=1S/C15H10BrNO3.Na.H/c1-20-14-13-10-3-2-8(15(18)19)6-9(10)7-12(16)11(13)4-5-17-14;;/h2-7H,1H3,(H,18,19);;/q;+1;-1. The molecule has 102 valence electrons. The Hall–Kier alpha value is -1.14. The van der Waals surface area contributed by atoms with E-state index in [9.17, 15) is 4.79 Å². The topological polar surface area (TPSA) is 59.4 Å². The average molecular weight is 356 g/mol. The molecule has 0 amide bonds. The van der Waals surface area contributed by atoms with E-state index in [1.54, 1.807) is 31.5 Å². The summed E-state index contributed by atoms with van der Waals surface area (Å²) in [4.78, 5) is 15.3. The van der Waals surface area contributed by atoms with Gasteiger partial charge in [-0.05, 0) is 35.0 Å². The van der Waals surface area contributed by atoms with Gasteiger partial charge < -0.3 is 11.3 Å². The monoisotopic (exact) mass is 355 g/mol. The van der Waals surface area contributed by atoms with Crippen molar-refractivity contribution in [1.82, 2.24) is 4.98 Å². The summed E-state index contributed by atoms with van der Waals surface area (Å²) in [5, 5.41) is 12.7. The maximum Gasteiger partial charge on any atom is 1.00 e. The number of ether oxygens (including phenoxy) is 1. The summed E-state index contributed by atoms with van der Waals surface area (Å²) in [6.07, 6.45) is 1.68. The number of methoxy groups -OCH3 is 1. The van der Waals surface area contributed by atoms with E-state index >= 15 is 0 Å². The molecule has 3 rings (SSSR count). The van der Waals surface area contributed by atoms with Crippen molar-refractivity contribution in [2.24, 2.45) is 0 Å². The molecule has 0 fully saturated rings. The Bertz CT molecular complexity index is 857. The minimum Gasteiger partial charge on any atom is -1.00 e. The van der Waals surface area contributed by atoms with E-state index < -0.39 is 5.97 Å². The molecular formula is C15H11BrNNaO3. The van der Waals surface area contributed by atoms with Gasteiger partial charge in [0.05, 0.1) is 18.1 Å². The van der Waals surface area contributed by atoms with Crippen LogP contribution in [0.5, 0.6) is 5.88 Å². The minimum absolute atomic E-state index is 0. The zero-order valence-corrected chi connectivity index (χ0v) is 15.1. The Labute approximate surface area is 153 Å². The second-order valence-corrected chi connectivity index (χ2v) is 5.20. The normalized spacial score (nSPS) is 10.4. The number of nitrogens with zero attached hydrogens (tertiary/aromatic N) is 1. The molecule has 0 bridgehead atoms. The summed E-state index contributed by atoms with van der Waals surface area (Å²) in [6, 6.07) is 8.83. The van der Waals surface area contributed by atoms with E-state index in [2.05, 4.69) is 20.9 Å². The number of carbonyl (C=O) groups is 1. The van der Waals surface area contributed by atoms with Crippen LogP contribution in [-0.2, 0) is 0 Å². The van der Waals surface area contributed by atoms with Crippen LogP contribution in [0.4, 0.5) is 0 Å². The van der Waals surface area contributed by atoms with Gasteiger partial charge in [-0.3, -0.25) is 0 Å². The third-order valence-electron chi connectivity index (χ3n) is 3.22. The maximum atomic E-state index is 11.1. The Kier molecular flexibility index (Phi) is 4.88. The fourth-order valence-electron chi connectivity index (χ4n) is 2.31. The quantitative estimate of drug-likeness (QED) is 0.549. The van der Waals surface area contributed by atoms with E-state index in [1.807, 2.05) is 12.1 Å². The smallest absolute Gasteiger partial charge is 1.00 e. The van der Waals surface area contributed by atoms with Crippen LogP contribution < -0.4 is 34.3 Å². The number of pyridine rings is 1. The van der Waals surface area contributed by atoms with Gasteiger partial charge in [-0.2, -0.15) is 0 Å². The number of halogens is 1. The van der Waals surface area contributed by atoms with Crippen LogP contribution in [0.15, 0.2) is 41.0 Å². The molecule has 2 aromatic carbocycles. The van der Waals surface area contributed by atoms with Crippen molar-refractivity contribution in [3.05, 3.63) is 46.6 Å². The molecule has 6 heteroatoms. The van der Waals surface area contributed by atoms with E-state index in [0.29, 0.717) is 5.88 Å². The van der Waals surface area contributed by atoms with Gasteiger partial charge in [0.25, 0.3) is 0 Å². The summed E-state index contributed by atoms with van der Waals surface area (Å²) in [5.74, 6) is -0.418. The van der Waals surface area contributed by atoms with E-state index in [0.717, 1.165) is 26.0 Å². The van der Waals surface area contributed by atoms with Gasteiger partial charge >= 0.3 is 35.5 Å². The zero-order chi connectivity index (χ0) is 14.3. The molecule has 0 saturated carbocycles. The van der Waals surface area contributed by atoms with Crippen molar-refractivity contribution in [2.45, 2.75) is 0 Å². The van der Waals surface area contributed by atoms with Crippen LogP contribution in [-0.4, -0.2) is 23.2 Å². The number of carboxylic acids is 1. The summed E-state index contributed by atoms with van der Waals surface area (Å²) >= 11 is 3.51. The van der Waals surface area contributed by atoms with Crippen LogP contribution in [0.2, 0.25) is 0 Å². The largest absolute Gasteiger partial charge is 1.00 e. The second-order valence-electron chi connectivity index (χ2n) is 4.34. The molecule has 1 aromatic heterocycles. The number of aromatic carboxylic acids is 1. The van der Waals surface area contributed by atoms with Crippen molar-refractivity contribution >= 4 is 43.4 Å². The first kappa shape index (κ1) is 16.2. The SMILES string of the molecule is COc1nccc2c(Br)cc3cc(C(=O)O)ccc3c12.[H-].[Na+]. The molecular weight excluding hydrogens is 345 g/mol. The first-order valence-corrected chi connectivity index (χ1v) is 6.69. The molecule has 4 nitrogen and oxygen atoms in total. The number of fused-ring (bicyclic) bond motifs is 3. The van der Waals surface area contributed by atoms with Gasteiger partial charge in [0, 0.05) is 16.1 Å². The number of rotatable bonds is 2. The third kappa shape index (κ3) is 2.79. The predicted molar refractivity (Wildman–Crippen MR) is 81.6 cm³/mol. The van der Waals surface area contributed by atoms with Crippen LogP contribution in [0.3, 0.4) is 0 Å². The molecule has 1 heterocycles. The number of benzene rings is 2. The van der Waals surface area contributed by atoms with Crippen molar-refractivity contribution < 1.29 is 45.6 Å². The zero-order valence-electron chi connectivity index (χ0n) is 12.6. The Balaban J connectivity index is 0.00000121. The fourth-order valence-corrected chi connectivity index (χ4v) is 2.89. The molecule has 0 atom stereocenters. The van der Waals surface area contributed by atoms with Crippen molar-refractivity contribution in [3.63, 3.8) is 0 Å². The van der Waals surface area contributed by atoms with Gasteiger partial charge in [-0.25, -0.2) is 9.78 Å². The van der Waals surface area contributed by atoms with Gasteiger partial charge in [-0.15, -0.1) is 0 Å². The molecule has 0 radical (unpaired) electrons.